The van der Waals surface area contributed by atoms with E-state index in [1.54, 1.807) is 0 Å². The van der Waals surface area contributed by atoms with Gasteiger partial charge in [-0.05, 0) is 11.8 Å². The molecule has 19 heavy (non-hydrogen) atoms. The highest BCUT2D eigenvalue weighted by Gasteiger charge is 2.30. The van der Waals surface area contributed by atoms with Crippen LogP contribution >= 0.6 is 0 Å². The van der Waals surface area contributed by atoms with E-state index in [-0.39, 0.29) is 29.8 Å². The van der Waals surface area contributed by atoms with Crippen molar-refractivity contribution in [2.45, 2.75) is 33.2 Å². The van der Waals surface area contributed by atoms with Gasteiger partial charge >= 0.3 is 0 Å². The molecule has 2 heterocycles. The minimum atomic E-state index is -0.276. The fourth-order valence-electron chi connectivity index (χ4n) is 2.51. The maximum atomic E-state index is 12.3. The zero-order valence-corrected chi connectivity index (χ0v) is 12.0. The average Bonchev–Trinajstić information content (AvgIpc) is 2.38. The Morgan fingerprint density at radius 2 is 2.16 bits per heavy atom. The predicted octanol–water partition coefficient (Wildman–Crippen LogP) is 0.279. The molecule has 0 aromatic carbocycles. The van der Waals surface area contributed by atoms with Crippen molar-refractivity contribution >= 4 is 11.8 Å². The van der Waals surface area contributed by atoms with Gasteiger partial charge in [0.2, 0.25) is 11.8 Å². The predicted molar refractivity (Wildman–Crippen MR) is 73.5 cm³/mol. The standard InChI is InChI=1S/C14H23N3O2/c1-14(2,3)10-4-6-17(7-5-10)13(19)11-8-16-12(18)9-15-11/h4,11,15H,5-9H2,1-3H3,(H,16,18). The van der Waals surface area contributed by atoms with Gasteiger partial charge in [0.25, 0.3) is 0 Å². The Labute approximate surface area is 114 Å². The molecule has 0 spiro atoms. The topological polar surface area (TPSA) is 61.4 Å². The van der Waals surface area contributed by atoms with Gasteiger partial charge in [0.05, 0.1) is 6.54 Å². The van der Waals surface area contributed by atoms with Crippen LogP contribution in [0.5, 0.6) is 0 Å². The summed E-state index contributed by atoms with van der Waals surface area (Å²) >= 11 is 0. The lowest BCUT2D eigenvalue weighted by molar-refractivity contribution is -0.134. The zero-order valence-electron chi connectivity index (χ0n) is 12.0. The Morgan fingerprint density at radius 1 is 1.42 bits per heavy atom. The molecule has 2 N–H and O–H groups in total. The molecule has 2 aliphatic heterocycles. The first-order chi connectivity index (χ1) is 8.88. The van der Waals surface area contributed by atoms with Gasteiger partial charge in [-0.2, -0.15) is 0 Å². The molecule has 0 aromatic rings. The minimum Gasteiger partial charge on any atom is -0.353 e. The molecule has 0 saturated carbocycles. The van der Waals surface area contributed by atoms with Crippen LogP contribution < -0.4 is 10.6 Å². The molecular weight excluding hydrogens is 242 g/mol. The molecule has 2 aliphatic rings. The molecule has 5 nitrogen and oxygen atoms in total. The third-order valence-electron chi connectivity index (χ3n) is 3.79. The number of amides is 2. The molecule has 0 aromatic heterocycles. The second-order valence-corrected chi connectivity index (χ2v) is 6.25. The third kappa shape index (κ3) is 3.35. The van der Waals surface area contributed by atoms with E-state index in [9.17, 15) is 9.59 Å². The number of hydrogen-bond acceptors (Lipinski definition) is 3. The molecule has 2 rings (SSSR count). The Morgan fingerprint density at radius 3 is 2.63 bits per heavy atom. The molecule has 1 atom stereocenters. The number of nitrogens with zero attached hydrogens (tertiary/aromatic N) is 1. The number of hydrogen-bond donors (Lipinski definition) is 2. The van der Waals surface area contributed by atoms with E-state index in [0.29, 0.717) is 13.1 Å². The number of carbonyl (C=O) groups is 2. The van der Waals surface area contributed by atoms with Crippen molar-refractivity contribution < 1.29 is 9.59 Å². The van der Waals surface area contributed by atoms with Crippen molar-refractivity contribution in [2.24, 2.45) is 5.41 Å². The minimum absolute atomic E-state index is 0.0439. The van der Waals surface area contributed by atoms with Crippen molar-refractivity contribution in [3.05, 3.63) is 11.6 Å². The quantitative estimate of drug-likeness (QED) is 0.669. The van der Waals surface area contributed by atoms with E-state index in [1.807, 2.05) is 4.90 Å². The fraction of sp³-hybridized carbons (Fsp3) is 0.714. The summed E-state index contributed by atoms with van der Waals surface area (Å²) in [4.78, 5) is 25.2. The highest BCUT2D eigenvalue weighted by Crippen LogP contribution is 2.30. The van der Waals surface area contributed by atoms with Crippen LogP contribution in [0.3, 0.4) is 0 Å². The number of rotatable bonds is 1. The van der Waals surface area contributed by atoms with Gasteiger partial charge in [0, 0.05) is 19.6 Å². The molecule has 1 fully saturated rings. The Hall–Kier alpha value is -1.36. The van der Waals surface area contributed by atoms with Crippen molar-refractivity contribution in [1.82, 2.24) is 15.5 Å². The largest absolute Gasteiger partial charge is 0.353 e. The first-order valence-electron chi connectivity index (χ1n) is 6.86. The molecule has 0 aliphatic carbocycles. The van der Waals surface area contributed by atoms with E-state index in [0.717, 1.165) is 13.0 Å². The van der Waals surface area contributed by atoms with Gasteiger partial charge in [-0.25, -0.2) is 0 Å². The summed E-state index contributed by atoms with van der Waals surface area (Å²) in [5, 5.41) is 5.70. The third-order valence-corrected chi connectivity index (χ3v) is 3.79. The van der Waals surface area contributed by atoms with Gasteiger partial charge in [-0.1, -0.05) is 32.4 Å². The van der Waals surface area contributed by atoms with Crippen molar-refractivity contribution in [1.29, 1.82) is 0 Å². The molecule has 1 unspecified atom stereocenters. The summed E-state index contributed by atoms with van der Waals surface area (Å²) in [6, 6.07) is -0.276. The van der Waals surface area contributed by atoms with Crippen LogP contribution in [0.1, 0.15) is 27.2 Å². The second-order valence-electron chi connectivity index (χ2n) is 6.25. The van der Waals surface area contributed by atoms with Crippen molar-refractivity contribution in [2.75, 3.05) is 26.2 Å². The van der Waals surface area contributed by atoms with Gasteiger partial charge in [0.15, 0.2) is 0 Å². The number of piperazine rings is 1. The van der Waals surface area contributed by atoms with Gasteiger partial charge < -0.3 is 10.2 Å². The highest BCUT2D eigenvalue weighted by molar-refractivity contribution is 5.87. The zero-order chi connectivity index (χ0) is 14.0. The smallest absolute Gasteiger partial charge is 0.241 e. The molecular formula is C14H23N3O2. The SMILES string of the molecule is CC(C)(C)C1=CCN(C(=O)C2CNC(=O)CN2)CC1. The molecule has 106 valence electrons. The molecule has 0 bridgehead atoms. The van der Waals surface area contributed by atoms with Gasteiger partial charge in [-0.15, -0.1) is 0 Å². The summed E-state index contributed by atoms with van der Waals surface area (Å²) in [5.74, 6) is 0.0434. The first kappa shape index (κ1) is 14.1. The highest BCUT2D eigenvalue weighted by atomic mass is 16.2. The molecule has 5 heteroatoms. The van der Waals surface area contributed by atoms with Crippen LogP contribution in [0.4, 0.5) is 0 Å². The van der Waals surface area contributed by atoms with Gasteiger partial charge in [-0.3, -0.25) is 14.9 Å². The molecule has 1 saturated heterocycles. The summed E-state index contributed by atoms with van der Waals surface area (Å²) in [7, 11) is 0. The van der Waals surface area contributed by atoms with Crippen molar-refractivity contribution in [3.8, 4) is 0 Å². The maximum Gasteiger partial charge on any atom is 0.241 e. The Bertz CT molecular complexity index is 399. The van der Waals surface area contributed by atoms with E-state index in [2.05, 4.69) is 37.5 Å². The van der Waals surface area contributed by atoms with Crippen LogP contribution in [0.2, 0.25) is 0 Å². The van der Waals surface area contributed by atoms with Gasteiger partial charge in [0.1, 0.15) is 6.04 Å². The average molecular weight is 265 g/mol. The molecule has 0 radical (unpaired) electrons. The summed E-state index contributed by atoms with van der Waals surface area (Å²) in [6.07, 6.45) is 3.11. The Kier molecular flexibility index (Phi) is 3.94. The molecule has 2 amide bonds. The van der Waals surface area contributed by atoms with Crippen molar-refractivity contribution in [3.63, 3.8) is 0 Å². The summed E-state index contributed by atoms with van der Waals surface area (Å²) in [5.41, 5.74) is 1.60. The Balaban J connectivity index is 1.92. The second kappa shape index (κ2) is 5.33. The van der Waals surface area contributed by atoms with E-state index < -0.39 is 0 Å². The van der Waals surface area contributed by atoms with Crippen LogP contribution in [-0.4, -0.2) is 48.9 Å². The lowest BCUT2D eigenvalue weighted by Gasteiger charge is -2.35. The fourth-order valence-corrected chi connectivity index (χ4v) is 2.51. The monoisotopic (exact) mass is 265 g/mol. The van der Waals surface area contributed by atoms with E-state index in [4.69, 9.17) is 0 Å². The number of nitrogens with one attached hydrogen (secondary N) is 2. The van der Waals surface area contributed by atoms with E-state index >= 15 is 0 Å². The van der Waals surface area contributed by atoms with Crippen LogP contribution in [0.25, 0.3) is 0 Å². The summed E-state index contributed by atoms with van der Waals surface area (Å²) in [6.45, 7) is 8.68. The maximum absolute atomic E-state index is 12.3. The normalized spacial score (nSPS) is 24.8. The van der Waals surface area contributed by atoms with Crippen LogP contribution in [0, 0.1) is 5.41 Å². The lowest BCUT2D eigenvalue weighted by Crippen LogP contribution is -2.59. The van der Waals surface area contributed by atoms with Crippen LogP contribution in [-0.2, 0) is 9.59 Å². The lowest BCUT2D eigenvalue weighted by atomic mass is 9.83. The van der Waals surface area contributed by atoms with Crippen LogP contribution in [0.15, 0.2) is 11.6 Å². The first-order valence-corrected chi connectivity index (χ1v) is 6.86. The van der Waals surface area contributed by atoms with E-state index in [1.165, 1.54) is 5.57 Å². The number of carbonyl (C=O) groups excluding carboxylic acids is 2. The summed E-state index contributed by atoms with van der Waals surface area (Å²) < 4.78 is 0.